The van der Waals surface area contributed by atoms with Gasteiger partial charge in [-0.3, -0.25) is 4.90 Å². The summed E-state index contributed by atoms with van der Waals surface area (Å²) in [5.41, 5.74) is 3.30. The zero-order chi connectivity index (χ0) is 23.0. The van der Waals surface area contributed by atoms with Gasteiger partial charge in [0, 0.05) is 26.2 Å². The molecule has 0 spiro atoms. The van der Waals surface area contributed by atoms with Crippen LogP contribution in [-0.2, 0) is 4.79 Å². The quantitative estimate of drug-likeness (QED) is 0.444. The Morgan fingerprint density at radius 2 is 2.15 bits per heavy atom. The number of rotatable bonds is 13. The Hall–Kier alpha value is -2.34. The number of carbonyl (C=O) groups excluding carboxylic acids is 1. The molecule has 0 aromatic carbocycles. The highest BCUT2D eigenvalue weighted by Gasteiger charge is 2.34. The van der Waals surface area contributed by atoms with Gasteiger partial charge >= 0.3 is 0 Å². The Morgan fingerprint density at radius 1 is 1.30 bits per heavy atom. The van der Waals surface area contributed by atoms with Gasteiger partial charge in [0.15, 0.2) is 0 Å². The fraction of sp³-hybridized carbons (Fsp3) is 0.630. The number of allylic oxidation sites excluding steroid dienone is 1. The standard InChI is InChI=1S/C27H40N4O2/c1-3-23-16-24(23)9-14-33-27-17-26(25(28-2)18-29-27)31(12-13-32)20-22-8-6-7-21(15-22)19-30-10-4-5-11-30/h6-7,13,15,17-18,22-24,28H,3-5,8-12,14,16,19-20H2,1-2H3. The predicted octanol–water partition coefficient (Wildman–Crippen LogP) is 4.54. The zero-order valence-corrected chi connectivity index (χ0v) is 20.3. The molecule has 33 heavy (non-hydrogen) atoms. The summed E-state index contributed by atoms with van der Waals surface area (Å²) in [7, 11) is 1.90. The lowest BCUT2D eigenvalue weighted by molar-refractivity contribution is -0.106. The van der Waals surface area contributed by atoms with Gasteiger partial charge in [0.2, 0.25) is 5.88 Å². The minimum atomic E-state index is 0.355. The third-order valence-corrected chi connectivity index (χ3v) is 7.37. The summed E-state index contributed by atoms with van der Waals surface area (Å²) < 4.78 is 6.02. The number of aldehydes is 1. The maximum absolute atomic E-state index is 11.6. The number of anilines is 2. The van der Waals surface area contributed by atoms with Crippen molar-refractivity contribution in [1.82, 2.24) is 9.88 Å². The third-order valence-electron chi connectivity index (χ3n) is 7.37. The van der Waals surface area contributed by atoms with Crippen molar-refractivity contribution in [1.29, 1.82) is 0 Å². The smallest absolute Gasteiger partial charge is 0.215 e. The Labute approximate surface area is 199 Å². The lowest BCUT2D eigenvalue weighted by atomic mass is 9.95. The number of ether oxygens (including phenoxy) is 1. The van der Waals surface area contributed by atoms with Gasteiger partial charge in [-0.1, -0.05) is 31.6 Å². The maximum atomic E-state index is 11.6. The van der Waals surface area contributed by atoms with Crippen molar-refractivity contribution in [3.63, 3.8) is 0 Å². The molecular weight excluding hydrogens is 412 g/mol. The molecule has 1 aliphatic heterocycles. The van der Waals surface area contributed by atoms with E-state index in [4.69, 9.17) is 4.74 Å². The van der Waals surface area contributed by atoms with E-state index < -0.39 is 0 Å². The molecule has 6 heteroatoms. The van der Waals surface area contributed by atoms with Crippen LogP contribution in [0, 0.1) is 17.8 Å². The van der Waals surface area contributed by atoms with Gasteiger partial charge in [-0.25, -0.2) is 4.98 Å². The molecule has 180 valence electrons. The average molecular weight is 453 g/mol. The second-order valence-corrected chi connectivity index (χ2v) is 9.79. The van der Waals surface area contributed by atoms with Crippen LogP contribution in [0.15, 0.2) is 36.1 Å². The number of nitrogens with one attached hydrogen (secondary N) is 1. The van der Waals surface area contributed by atoms with Gasteiger partial charge in [-0.15, -0.1) is 0 Å². The highest BCUT2D eigenvalue weighted by atomic mass is 16.5. The van der Waals surface area contributed by atoms with E-state index in [-0.39, 0.29) is 0 Å². The normalized spacial score (nSPS) is 24.4. The van der Waals surface area contributed by atoms with Crippen molar-refractivity contribution >= 4 is 17.7 Å². The van der Waals surface area contributed by atoms with Crippen molar-refractivity contribution < 1.29 is 9.53 Å². The monoisotopic (exact) mass is 452 g/mol. The maximum Gasteiger partial charge on any atom is 0.215 e. The number of carbonyl (C=O) groups is 1. The Morgan fingerprint density at radius 3 is 2.88 bits per heavy atom. The average Bonchev–Trinajstić information content (AvgIpc) is 3.40. The number of hydrogen-bond acceptors (Lipinski definition) is 6. The second-order valence-electron chi connectivity index (χ2n) is 9.79. The second kappa shape index (κ2) is 11.7. The van der Waals surface area contributed by atoms with Crippen molar-refractivity contribution in [2.75, 3.05) is 56.6 Å². The number of hydrogen-bond donors (Lipinski definition) is 1. The Bertz CT molecular complexity index is 847. The molecule has 1 aromatic rings. The number of nitrogens with zero attached hydrogens (tertiary/aromatic N) is 3. The van der Waals surface area contributed by atoms with Gasteiger partial charge in [-0.05, 0) is 68.5 Å². The van der Waals surface area contributed by atoms with Crippen molar-refractivity contribution in [2.45, 2.75) is 45.4 Å². The molecule has 0 radical (unpaired) electrons. The van der Waals surface area contributed by atoms with E-state index in [1.807, 2.05) is 19.3 Å². The van der Waals surface area contributed by atoms with E-state index in [0.717, 1.165) is 55.4 Å². The molecule has 2 aliphatic carbocycles. The van der Waals surface area contributed by atoms with E-state index in [0.29, 0.717) is 24.9 Å². The van der Waals surface area contributed by atoms with E-state index in [9.17, 15) is 4.79 Å². The Balaban J connectivity index is 1.41. The fourth-order valence-corrected chi connectivity index (χ4v) is 5.33. The lowest BCUT2D eigenvalue weighted by Gasteiger charge is -2.29. The van der Waals surface area contributed by atoms with Gasteiger partial charge < -0.3 is 19.7 Å². The number of likely N-dealkylation sites (tertiary alicyclic amines) is 1. The molecule has 6 nitrogen and oxygen atoms in total. The van der Waals surface area contributed by atoms with Crippen molar-refractivity contribution in [3.8, 4) is 5.88 Å². The summed E-state index contributed by atoms with van der Waals surface area (Å²) in [6.45, 7) is 7.57. The van der Waals surface area contributed by atoms with Gasteiger partial charge in [0.25, 0.3) is 0 Å². The van der Waals surface area contributed by atoms with Crippen LogP contribution in [0.2, 0.25) is 0 Å². The lowest BCUT2D eigenvalue weighted by Crippen LogP contribution is -2.32. The molecule has 0 amide bonds. The topological polar surface area (TPSA) is 57.7 Å². The summed E-state index contributed by atoms with van der Waals surface area (Å²) >= 11 is 0. The highest BCUT2D eigenvalue weighted by molar-refractivity contribution is 5.73. The molecule has 3 atom stereocenters. The molecule has 2 fully saturated rings. The van der Waals surface area contributed by atoms with E-state index in [2.05, 4.69) is 45.3 Å². The van der Waals surface area contributed by atoms with Crippen molar-refractivity contribution in [3.05, 3.63) is 36.1 Å². The number of aromatic nitrogens is 1. The summed E-state index contributed by atoms with van der Waals surface area (Å²) in [4.78, 5) is 20.8. The molecule has 1 saturated carbocycles. The molecule has 1 aromatic heterocycles. The van der Waals surface area contributed by atoms with Crippen molar-refractivity contribution in [2.24, 2.45) is 17.8 Å². The molecule has 3 aliphatic rings. The molecule has 3 unspecified atom stereocenters. The highest BCUT2D eigenvalue weighted by Crippen LogP contribution is 2.43. The van der Waals surface area contributed by atoms with Crippen LogP contribution in [0.1, 0.15) is 45.4 Å². The van der Waals surface area contributed by atoms with Crippen LogP contribution in [0.4, 0.5) is 11.4 Å². The first-order valence-electron chi connectivity index (χ1n) is 12.8. The Kier molecular flexibility index (Phi) is 8.43. The molecular formula is C27H40N4O2. The molecule has 1 N–H and O–H groups in total. The van der Waals surface area contributed by atoms with E-state index >= 15 is 0 Å². The first kappa shape index (κ1) is 23.8. The van der Waals surface area contributed by atoms with Gasteiger partial charge in [0.1, 0.15) is 6.29 Å². The van der Waals surface area contributed by atoms with Crippen LogP contribution in [0.3, 0.4) is 0 Å². The summed E-state index contributed by atoms with van der Waals surface area (Å²) in [5, 5.41) is 3.24. The number of pyridine rings is 1. The first-order chi connectivity index (χ1) is 16.2. The first-order valence-corrected chi connectivity index (χ1v) is 12.8. The zero-order valence-electron chi connectivity index (χ0n) is 20.3. The molecule has 2 heterocycles. The molecule has 1 saturated heterocycles. The fourth-order valence-electron chi connectivity index (χ4n) is 5.33. The molecule has 0 bridgehead atoms. The predicted molar refractivity (Wildman–Crippen MR) is 135 cm³/mol. The van der Waals surface area contributed by atoms with Crippen LogP contribution in [0.25, 0.3) is 0 Å². The van der Waals surface area contributed by atoms with E-state index in [1.165, 1.54) is 44.3 Å². The van der Waals surface area contributed by atoms with Crippen LogP contribution in [-0.4, -0.2) is 62.5 Å². The summed E-state index contributed by atoms with van der Waals surface area (Å²) in [5.74, 6) is 2.73. The van der Waals surface area contributed by atoms with Gasteiger partial charge in [-0.2, -0.15) is 0 Å². The minimum Gasteiger partial charge on any atom is -0.478 e. The van der Waals surface area contributed by atoms with Crippen LogP contribution >= 0.6 is 0 Å². The summed E-state index contributed by atoms with van der Waals surface area (Å²) in [6.07, 6.45) is 17.1. The van der Waals surface area contributed by atoms with Crippen LogP contribution < -0.4 is 15.0 Å². The third kappa shape index (κ3) is 6.59. The largest absolute Gasteiger partial charge is 0.478 e. The van der Waals surface area contributed by atoms with E-state index in [1.54, 1.807) is 0 Å². The van der Waals surface area contributed by atoms with Gasteiger partial charge in [0.05, 0.1) is 30.7 Å². The van der Waals surface area contributed by atoms with Crippen LogP contribution in [0.5, 0.6) is 5.88 Å². The minimum absolute atomic E-state index is 0.355. The molecule has 4 rings (SSSR count). The summed E-state index contributed by atoms with van der Waals surface area (Å²) in [6, 6.07) is 1.99. The SMILES string of the molecule is CCC1CC1CCOc1cc(N(CC=O)CC2C=C(CN3CCCC3)C=CC2)c(NC)cn1.